The van der Waals surface area contributed by atoms with Gasteiger partial charge in [-0.05, 0) is 62.0 Å². The van der Waals surface area contributed by atoms with Gasteiger partial charge in [0.05, 0.1) is 5.69 Å². The summed E-state index contributed by atoms with van der Waals surface area (Å²) in [4.78, 5) is 7.37. The molecule has 0 amide bonds. The van der Waals surface area contributed by atoms with Gasteiger partial charge >= 0.3 is 0 Å². The molecule has 0 bridgehead atoms. The van der Waals surface area contributed by atoms with Crippen LogP contribution in [0.2, 0.25) is 0 Å². The van der Waals surface area contributed by atoms with Crippen molar-refractivity contribution in [3.8, 4) is 0 Å². The lowest BCUT2D eigenvalue weighted by Gasteiger charge is -2.32. The number of nitrogens with two attached hydrogens (primary N) is 1. The number of fused-ring (bicyclic) bond motifs is 1. The minimum Gasteiger partial charge on any atom is -0.330 e. The molecule has 146 valence electrons. The third-order valence-electron chi connectivity index (χ3n) is 5.67. The van der Waals surface area contributed by atoms with Gasteiger partial charge in [-0.2, -0.15) is 0 Å². The van der Waals surface area contributed by atoms with E-state index in [4.69, 9.17) is 10.7 Å². The highest BCUT2D eigenvalue weighted by atomic mass is 15.2. The summed E-state index contributed by atoms with van der Waals surface area (Å²) in [6, 6.07) is 13.8. The number of hydrogen-bond acceptors (Lipinski definition) is 4. The van der Waals surface area contributed by atoms with Crippen LogP contribution in [0.1, 0.15) is 67.6 Å². The van der Waals surface area contributed by atoms with Crippen LogP contribution < -0.4 is 11.1 Å². The predicted octanol–water partition coefficient (Wildman–Crippen LogP) is 3.98. The number of pyridine rings is 1. The number of rotatable bonds is 10. The average molecular weight is 367 g/mol. The van der Waals surface area contributed by atoms with Crippen LogP contribution in [-0.2, 0) is 13.0 Å². The van der Waals surface area contributed by atoms with Crippen LogP contribution in [0, 0.1) is 0 Å². The first-order chi connectivity index (χ1) is 13.2. The van der Waals surface area contributed by atoms with E-state index in [1.165, 1.54) is 22.4 Å². The molecule has 27 heavy (non-hydrogen) atoms. The molecule has 2 aromatic rings. The van der Waals surface area contributed by atoms with Gasteiger partial charge in [-0.15, -0.1) is 0 Å². The summed E-state index contributed by atoms with van der Waals surface area (Å²) in [5.74, 6) is 0. The molecule has 0 spiro atoms. The van der Waals surface area contributed by atoms with Crippen molar-refractivity contribution in [1.29, 1.82) is 0 Å². The molecule has 4 heteroatoms. The van der Waals surface area contributed by atoms with E-state index < -0.39 is 0 Å². The standard InChI is InChI=1S/C23H34N4/c1-3-9-19-11-8-14-25-23(19)18(2)27(15-7-6-13-24)17-22-21-12-5-4-10-20(21)16-26-22/h4-5,8,10-12,14,18,22,26H,3,6-7,9,13,15-17,24H2,1-2H3/t18-,22-/m0/s1. The fraction of sp³-hybridized carbons (Fsp3) is 0.522. The van der Waals surface area contributed by atoms with Crippen molar-refractivity contribution in [2.45, 2.75) is 58.2 Å². The van der Waals surface area contributed by atoms with Gasteiger partial charge in [0, 0.05) is 31.4 Å². The number of nitrogens with one attached hydrogen (secondary N) is 1. The molecule has 2 atom stereocenters. The van der Waals surface area contributed by atoms with Crippen molar-refractivity contribution in [3.05, 3.63) is 65.0 Å². The Bertz CT molecular complexity index is 715. The smallest absolute Gasteiger partial charge is 0.0604 e. The van der Waals surface area contributed by atoms with Crippen molar-refractivity contribution in [1.82, 2.24) is 15.2 Å². The van der Waals surface area contributed by atoms with E-state index in [1.54, 1.807) is 0 Å². The van der Waals surface area contributed by atoms with E-state index in [0.29, 0.717) is 12.1 Å². The van der Waals surface area contributed by atoms with Crippen LogP contribution in [0.15, 0.2) is 42.6 Å². The summed E-state index contributed by atoms with van der Waals surface area (Å²) in [7, 11) is 0. The van der Waals surface area contributed by atoms with Crippen LogP contribution in [0.25, 0.3) is 0 Å². The molecule has 3 rings (SSSR count). The molecule has 0 unspecified atom stereocenters. The van der Waals surface area contributed by atoms with Crippen molar-refractivity contribution < 1.29 is 0 Å². The highest BCUT2D eigenvalue weighted by molar-refractivity contribution is 5.34. The summed E-state index contributed by atoms with van der Waals surface area (Å²) in [5, 5.41) is 3.70. The minimum atomic E-state index is 0.306. The van der Waals surface area contributed by atoms with Gasteiger partial charge in [0.25, 0.3) is 0 Å². The molecular weight excluding hydrogens is 332 g/mol. The third kappa shape index (κ3) is 4.95. The van der Waals surface area contributed by atoms with Gasteiger partial charge in [0.15, 0.2) is 0 Å². The van der Waals surface area contributed by atoms with Crippen LogP contribution >= 0.6 is 0 Å². The molecule has 1 aromatic carbocycles. The largest absolute Gasteiger partial charge is 0.330 e. The molecule has 0 fully saturated rings. The average Bonchev–Trinajstić information content (AvgIpc) is 3.10. The summed E-state index contributed by atoms with van der Waals surface area (Å²) in [6.45, 7) is 8.34. The quantitative estimate of drug-likeness (QED) is 0.625. The number of aryl methyl sites for hydroxylation is 1. The maximum Gasteiger partial charge on any atom is 0.0604 e. The van der Waals surface area contributed by atoms with E-state index in [1.807, 2.05) is 6.20 Å². The molecule has 1 aromatic heterocycles. The minimum absolute atomic E-state index is 0.306. The number of hydrogen-bond donors (Lipinski definition) is 2. The van der Waals surface area contributed by atoms with Gasteiger partial charge < -0.3 is 11.1 Å². The van der Waals surface area contributed by atoms with E-state index in [-0.39, 0.29) is 0 Å². The van der Waals surface area contributed by atoms with Gasteiger partial charge in [0.2, 0.25) is 0 Å². The maximum absolute atomic E-state index is 5.75. The zero-order valence-electron chi connectivity index (χ0n) is 16.8. The number of aromatic nitrogens is 1. The SMILES string of the molecule is CCCc1cccnc1[C@H](C)N(CCCCN)C[C@@H]1NCc2ccccc21. The number of nitrogens with zero attached hydrogens (tertiary/aromatic N) is 2. The van der Waals surface area contributed by atoms with Crippen LogP contribution in [0.3, 0.4) is 0 Å². The molecule has 0 saturated carbocycles. The normalized spacial score (nSPS) is 17.3. The van der Waals surface area contributed by atoms with E-state index in [2.05, 4.69) is 60.5 Å². The number of unbranched alkanes of at least 4 members (excludes halogenated alkanes) is 1. The van der Waals surface area contributed by atoms with E-state index in [0.717, 1.165) is 51.9 Å². The predicted molar refractivity (Wildman–Crippen MR) is 113 cm³/mol. The first-order valence-corrected chi connectivity index (χ1v) is 10.4. The topological polar surface area (TPSA) is 54.2 Å². The second-order valence-corrected chi connectivity index (χ2v) is 7.60. The Kier molecular flexibility index (Phi) is 7.39. The monoisotopic (exact) mass is 366 g/mol. The van der Waals surface area contributed by atoms with Crippen molar-refractivity contribution in [3.63, 3.8) is 0 Å². The van der Waals surface area contributed by atoms with Gasteiger partial charge in [0.1, 0.15) is 0 Å². The van der Waals surface area contributed by atoms with Gasteiger partial charge in [-0.25, -0.2) is 0 Å². The second-order valence-electron chi connectivity index (χ2n) is 7.60. The van der Waals surface area contributed by atoms with Crippen LogP contribution in [0.4, 0.5) is 0 Å². The fourth-order valence-corrected chi connectivity index (χ4v) is 4.16. The Morgan fingerprint density at radius 3 is 2.89 bits per heavy atom. The summed E-state index contributed by atoms with van der Waals surface area (Å²) in [5.41, 5.74) is 11.2. The molecule has 4 nitrogen and oxygen atoms in total. The molecule has 1 aliphatic heterocycles. The zero-order valence-corrected chi connectivity index (χ0v) is 16.8. The Morgan fingerprint density at radius 1 is 1.22 bits per heavy atom. The lowest BCUT2D eigenvalue weighted by molar-refractivity contribution is 0.183. The highest BCUT2D eigenvalue weighted by Gasteiger charge is 2.27. The molecule has 1 aliphatic rings. The Hall–Kier alpha value is -1.75. The Labute approximate surface area is 164 Å². The van der Waals surface area contributed by atoms with Crippen LogP contribution in [-0.4, -0.2) is 29.5 Å². The van der Waals surface area contributed by atoms with Crippen LogP contribution in [0.5, 0.6) is 0 Å². The van der Waals surface area contributed by atoms with Gasteiger partial charge in [-0.3, -0.25) is 9.88 Å². The highest BCUT2D eigenvalue weighted by Crippen LogP contribution is 2.30. The molecule has 0 aliphatic carbocycles. The molecule has 0 saturated heterocycles. The zero-order chi connectivity index (χ0) is 19.1. The molecule has 2 heterocycles. The van der Waals surface area contributed by atoms with Crippen molar-refractivity contribution >= 4 is 0 Å². The summed E-state index contributed by atoms with van der Waals surface area (Å²) in [6.07, 6.45) is 6.38. The lowest BCUT2D eigenvalue weighted by Crippen LogP contribution is -2.36. The fourth-order valence-electron chi connectivity index (χ4n) is 4.16. The maximum atomic E-state index is 5.75. The Balaban J connectivity index is 1.79. The molecule has 0 radical (unpaired) electrons. The Morgan fingerprint density at radius 2 is 2.07 bits per heavy atom. The van der Waals surface area contributed by atoms with E-state index in [9.17, 15) is 0 Å². The molecule has 3 N–H and O–H groups in total. The van der Waals surface area contributed by atoms with E-state index >= 15 is 0 Å². The lowest BCUT2D eigenvalue weighted by atomic mass is 10.0. The second kappa shape index (κ2) is 9.98. The summed E-state index contributed by atoms with van der Waals surface area (Å²) >= 11 is 0. The third-order valence-corrected chi connectivity index (χ3v) is 5.67. The molecular formula is C23H34N4. The van der Waals surface area contributed by atoms with Crippen molar-refractivity contribution in [2.24, 2.45) is 5.73 Å². The van der Waals surface area contributed by atoms with Crippen molar-refractivity contribution in [2.75, 3.05) is 19.6 Å². The first-order valence-electron chi connectivity index (χ1n) is 10.4. The summed E-state index contributed by atoms with van der Waals surface area (Å²) < 4.78 is 0. The number of benzene rings is 1. The first kappa shape index (κ1) is 20.0. The van der Waals surface area contributed by atoms with Gasteiger partial charge in [-0.1, -0.05) is 43.7 Å².